The van der Waals surface area contributed by atoms with E-state index in [4.69, 9.17) is 0 Å². The van der Waals surface area contributed by atoms with Gasteiger partial charge in [-0.15, -0.1) is 0 Å². The van der Waals surface area contributed by atoms with E-state index in [0.717, 1.165) is 0 Å². The van der Waals surface area contributed by atoms with Gasteiger partial charge in [0.25, 0.3) is 5.91 Å². The van der Waals surface area contributed by atoms with Crippen molar-refractivity contribution in [3.8, 4) is 0 Å². The van der Waals surface area contributed by atoms with E-state index in [-0.39, 0.29) is 17.0 Å². The molecule has 1 atom stereocenters. The molecule has 3 rings (SSSR count). The van der Waals surface area contributed by atoms with Crippen LogP contribution in [0.15, 0.2) is 53.6 Å². The minimum atomic E-state index is -3.75. The van der Waals surface area contributed by atoms with Crippen molar-refractivity contribution in [2.24, 2.45) is 0 Å². The predicted octanol–water partition coefficient (Wildman–Crippen LogP) is 1.48. The molecule has 2 N–H and O–H groups in total. The molecule has 7 nitrogen and oxygen atoms in total. The van der Waals surface area contributed by atoms with E-state index >= 15 is 0 Å². The number of amides is 1. The van der Waals surface area contributed by atoms with Crippen LogP contribution in [0.1, 0.15) is 23.2 Å². The van der Waals surface area contributed by atoms with Crippen molar-refractivity contribution in [3.63, 3.8) is 0 Å². The molecule has 1 aliphatic rings. The van der Waals surface area contributed by atoms with Gasteiger partial charge in [0.15, 0.2) is 0 Å². The molecule has 2 aromatic rings. The number of β-amino-alcohol motifs (C(OH)–C–C–N with tert-alkyl or cyclic N) is 1. The lowest BCUT2D eigenvalue weighted by Gasteiger charge is -2.29. The normalized spacial score (nSPS) is 18.7. The number of hydrogen-bond acceptors (Lipinski definition) is 5. The molecule has 1 saturated heterocycles. The number of sulfonamides is 1. The smallest absolute Gasteiger partial charge is 0.256 e. The van der Waals surface area contributed by atoms with Gasteiger partial charge in [0.05, 0.1) is 11.0 Å². The summed E-state index contributed by atoms with van der Waals surface area (Å²) in [5.74, 6) is -0.0469. The Bertz CT molecular complexity index is 855. The molecular formula is C17H19N3O4S. The molecular weight excluding hydrogens is 342 g/mol. The van der Waals surface area contributed by atoms with E-state index < -0.39 is 22.0 Å². The van der Waals surface area contributed by atoms with Gasteiger partial charge in [-0.25, -0.2) is 13.4 Å². The standard InChI is InChI=1S/C17H19N3O4S/c21-14-6-4-10-20(12-14)25(23,24)15-7-3-5-13(11-15)17(22)19-16-8-1-2-9-18-16/h1-3,5,7-9,11,14,21H,4,6,10,12H2,(H,18,19,22). The van der Waals surface area contributed by atoms with Gasteiger partial charge in [0, 0.05) is 24.8 Å². The first-order valence-electron chi connectivity index (χ1n) is 7.97. The van der Waals surface area contributed by atoms with Gasteiger partial charge in [-0.3, -0.25) is 4.79 Å². The van der Waals surface area contributed by atoms with E-state index in [2.05, 4.69) is 10.3 Å². The van der Waals surface area contributed by atoms with Crippen LogP contribution >= 0.6 is 0 Å². The first kappa shape index (κ1) is 17.5. The number of benzene rings is 1. The van der Waals surface area contributed by atoms with Crippen LogP contribution in [0, 0.1) is 0 Å². The molecule has 1 aromatic heterocycles. The van der Waals surface area contributed by atoms with Crippen LogP contribution in [0.4, 0.5) is 5.82 Å². The minimum Gasteiger partial charge on any atom is -0.392 e. The number of aliphatic hydroxyl groups is 1. The van der Waals surface area contributed by atoms with Gasteiger partial charge in [-0.1, -0.05) is 12.1 Å². The predicted molar refractivity (Wildman–Crippen MR) is 92.6 cm³/mol. The van der Waals surface area contributed by atoms with Gasteiger partial charge in [-0.05, 0) is 43.2 Å². The molecule has 0 saturated carbocycles. The van der Waals surface area contributed by atoms with Crippen LogP contribution in [0.5, 0.6) is 0 Å². The SMILES string of the molecule is O=C(Nc1ccccn1)c1cccc(S(=O)(=O)N2CCCC(O)C2)c1. The summed E-state index contributed by atoms with van der Waals surface area (Å²) in [6.07, 6.45) is 2.11. The molecule has 1 unspecified atom stereocenters. The number of carbonyl (C=O) groups excluding carboxylic acids is 1. The summed E-state index contributed by atoms with van der Waals surface area (Å²) in [6, 6.07) is 11.0. The fourth-order valence-corrected chi connectivity index (χ4v) is 4.27. The Kier molecular flexibility index (Phi) is 5.12. The summed E-state index contributed by atoms with van der Waals surface area (Å²) in [5, 5.41) is 12.3. The number of nitrogens with zero attached hydrogens (tertiary/aromatic N) is 2. The van der Waals surface area contributed by atoms with Crippen molar-refractivity contribution in [1.82, 2.24) is 9.29 Å². The molecule has 0 bridgehead atoms. The molecule has 8 heteroatoms. The molecule has 0 spiro atoms. The number of rotatable bonds is 4. The summed E-state index contributed by atoms with van der Waals surface area (Å²) in [6.45, 7) is 0.441. The molecule has 1 fully saturated rings. The van der Waals surface area contributed by atoms with E-state index in [1.807, 2.05) is 0 Å². The highest BCUT2D eigenvalue weighted by molar-refractivity contribution is 7.89. The molecule has 25 heavy (non-hydrogen) atoms. The van der Waals surface area contributed by atoms with Crippen LogP contribution in [-0.2, 0) is 10.0 Å². The molecule has 132 valence electrons. The summed E-state index contributed by atoms with van der Waals surface area (Å²) in [7, 11) is -3.75. The maximum absolute atomic E-state index is 12.7. The highest BCUT2D eigenvalue weighted by Gasteiger charge is 2.29. The first-order valence-corrected chi connectivity index (χ1v) is 9.41. The number of aromatic nitrogens is 1. The first-order chi connectivity index (χ1) is 12.0. The molecule has 1 aromatic carbocycles. The van der Waals surface area contributed by atoms with Crippen molar-refractivity contribution in [3.05, 3.63) is 54.2 Å². The molecule has 1 amide bonds. The number of nitrogens with one attached hydrogen (secondary N) is 1. The topological polar surface area (TPSA) is 99.6 Å². The van der Waals surface area contributed by atoms with Crippen molar-refractivity contribution in [2.45, 2.75) is 23.8 Å². The quantitative estimate of drug-likeness (QED) is 0.859. The van der Waals surface area contributed by atoms with Crippen LogP contribution in [0.3, 0.4) is 0 Å². The maximum Gasteiger partial charge on any atom is 0.256 e. The lowest BCUT2D eigenvalue weighted by molar-refractivity contribution is 0.102. The summed E-state index contributed by atoms with van der Waals surface area (Å²) >= 11 is 0. The number of hydrogen-bond donors (Lipinski definition) is 2. The number of pyridine rings is 1. The van der Waals surface area contributed by atoms with Crippen molar-refractivity contribution < 1.29 is 18.3 Å². The summed E-state index contributed by atoms with van der Waals surface area (Å²) in [4.78, 5) is 16.4. The molecule has 0 aliphatic carbocycles. The third-order valence-corrected chi connectivity index (χ3v) is 5.86. The number of piperidine rings is 1. The molecule has 0 radical (unpaired) electrons. The zero-order valence-electron chi connectivity index (χ0n) is 13.5. The molecule has 2 heterocycles. The van der Waals surface area contributed by atoms with Crippen LogP contribution in [-0.4, -0.2) is 47.9 Å². The Labute approximate surface area is 146 Å². The van der Waals surface area contributed by atoms with E-state index in [0.29, 0.717) is 25.2 Å². The second kappa shape index (κ2) is 7.30. The van der Waals surface area contributed by atoms with Crippen LogP contribution < -0.4 is 5.32 Å². The minimum absolute atomic E-state index is 0.0373. The fraction of sp³-hybridized carbons (Fsp3) is 0.294. The average molecular weight is 361 g/mol. The Balaban J connectivity index is 1.82. The Morgan fingerprint density at radius 1 is 1.24 bits per heavy atom. The van der Waals surface area contributed by atoms with Crippen molar-refractivity contribution in [2.75, 3.05) is 18.4 Å². The van der Waals surface area contributed by atoms with E-state index in [9.17, 15) is 18.3 Å². The third-order valence-electron chi connectivity index (χ3n) is 4.00. The number of carbonyl (C=O) groups is 1. The average Bonchev–Trinajstić information content (AvgIpc) is 2.62. The third kappa shape index (κ3) is 4.04. The number of anilines is 1. The van der Waals surface area contributed by atoms with Gasteiger partial charge in [-0.2, -0.15) is 4.31 Å². The summed E-state index contributed by atoms with van der Waals surface area (Å²) in [5.41, 5.74) is 0.226. The van der Waals surface area contributed by atoms with Crippen molar-refractivity contribution >= 4 is 21.7 Å². The highest BCUT2D eigenvalue weighted by Crippen LogP contribution is 2.22. The Hall–Kier alpha value is -2.29. The second-order valence-corrected chi connectivity index (χ2v) is 7.79. The number of aliphatic hydroxyl groups excluding tert-OH is 1. The van der Waals surface area contributed by atoms with Gasteiger partial charge >= 0.3 is 0 Å². The van der Waals surface area contributed by atoms with E-state index in [1.54, 1.807) is 30.5 Å². The maximum atomic E-state index is 12.7. The zero-order chi connectivity index (χ0) is 17.9. The van der Waals surface area contributed by atoms with Gasteiger partial charge in [0.2, 0.25) is 10.0 Å². The zero-order valence-corrected chi connectivity index (χ0v) is 14.3. The fourth-order valence-electron chi connectivity index (χ4n) is 2.71. The lowest BCUT2D eigenvalue weighted by Crippen LogP contribution is -2.42. The van der Waals surface area contributed by atoms with Gasteiger partial charge in [0.1, 0.15) is 5.82 Å². The Morgan fingerprint density at radius 3 is 2.80 bits per heavy atom. The summed E-state index contributed by atoms with van der Waals surface area (Å²) < 4.78 is 26.7. The Morgan fingerprint density at radius 2 is 2.08 bits per heavy atom. The van der Waals surface area contributed by atoms with E-state index in [1.165, 1.54) is 22.5 Å². The van der Waals surface area contributed by atoms with Gasteiger partial charge < -0.3 is 10.4 Å². The highest BCUT2D eigenvalue weighted by atomic mass is 32.2. The van der Waals surface area contributed by atoms with Crippen LogP contribution in [0.25, 0.3) is 0 Å². The largest absolute Gasteiger partial charge is 0.392 e. The second-order valence-electron chi connectivity index (χ2n) is 5.86. The monoisotopic (exact) mass is 361 g/mol. The van der Waals surface area contributed by atoms with Crippen molar-refractivity contribution in [1.29, 1.82) is 0 Å². The molecule has 1 aliphatic heterocycles. The lowest BCUT2D eigenvalue weighted by atomic mass is 10.1. The van der Waals surface area contributed by atoms with Crippen LogP contribution in [0.2, 0.25) is 0 Å².